The monoisotopic (exact) mass is 411 g/mol. The number of amides is 1. The molecule has 1 aromatic carbocycles. The number of rotatable bonds is 5. The molecule has 0 radical (unpaired) electrons. The van der Waals surface area contributed by atoms with E-state index >= 15 is 0 Å². The van der Waals surface area contributed by atoms with Gasteiger partial charge in [0.15, 0.2) is 5.82 Å². The number of benzene rings is 1. The summed E-state index contributed by atoms with van der Waals surface area (Å²) in [7, 11) is 0. The van der Waals surface area contributed by atoms with Crippen molar-refractivity contribution in [1.29, 1.82) is 0 Å². The zero-order chi connectivity index (χ0) is 20.9. The second-order valence-corrected chi connectivity index (χ2v) is 8.01. The van der Waals surface area contributed by atoms with Crippen molar-refractivity contribution in [3.05, 3.63) is 54.9 Å². The summed E-state index contributed by atoms with van der Waals surface area (Å²) < 4.78 is 6.76. The van der Waals surface area contributed by atoms with Crippen molar-refractivity contribution in [3.63, 3.8) is 0 Å². The first-order valence-corrected chi connectivity index (χ1v) is 9.89. The molecule has 29 heavy (non-hydrogen) atoms. The molecule has 0 atom stereocenters. The molecule has 0 spiro atoms. The third-order valence-electron chi connectivity index (χ3n) is 3.52. The number of pyridine rings is 1. The number of aromatic nitrogens is 4. The molecule has 1 N–H and O–H groups in total. The van der Waals surface area contributed by atoms with Gasteiger partial charge in [0, 0.05) is 23.6 Å². The fourth-order valence-electron chi connectivity index (χ4n) is 2.37. The molecule has 0 saturated carbocycles. The minimum absolute atomic E-state index is 0.0584. The van der Waals surface area contributed by atoms with Gasteiger partial charge in [0.05, 0.1) is 5.75 Å². The van der Waals surface area contributed by atoms with Gasteiger partial charge in [0.1, 0.15) is 5.60 Å². The molecule has 9 heteroatoms. The molecule has 0 saturated heterocycles. The molecule has 0 aliphatic heterocycles. The van der Waals surface area contributed by atoms with E-state index in [1.165, 1.54) is 4.57 Å². The first-order valence-electron chi connectivity index (χ1n) is 8.90. The van der Waals surface area contributed by atoms with E-state index in [2.05, 4.69) is 20.5 Å². The maximum absolute atomic E-state index is 12.8. The predicted molar refractivity (Wildman–Crippen MR) is 111 cm³/mol. The van der Waals surface area contributed by atoms with Gasteiger partial charge >= 0.3 is 6.09 Å². The lowest BCUT2D eigenvalue weighted by atomic mass is 10.2. The molecule has 0 unspecified atom stereocenters. The number of nitrogens with one attached hydrogen (secondary N) is 1. The van der Waals surface area contributed by atoms with E-state index in [1.54, 1.807) is 57.4 Å². The van der Waals surface area contributed by atoms with Gasteiger partial charge in [-0.05, 0) is 45.0 Å². The van der Waals surface area contributed by atoms with Crippen LogP contribution in [0.1, 0.15) is 20.8 Å². The first-order chi connectivity index (χ1) is 13.8. The van der Waals surface area contributed by atoms with E-state index < -0.39 is 11.7 Å². The molecular formula is C20H21N5O3S. The van der Waals surface area contributed by atoms with E-state index in [4.69, 9.17) is 4.74 Å². The van der Waals surface area contributed by atoms with Crippen LogP contribution >= 0.6 is 11.8 Å². The summed E-state index contributed by atoms with van der Waals surface area (Å²) in [6, 6.07) is 12.6. The molecule has 3 aromatic rings. The van der Waals surface area contributed by atoms with Crippen molar-refractivity contribution < 1.29 is 14.3 Å². The Hall–Kier alpha value is -3.20. The maximum atomic E-state index is 12.8. The largest absolute Gasteiger partial charge is 0.443 e. The number of hydrogen-bond donors (Lipinski definition) is 1. The lowest BCUT2D eigenvalue weighted by molar-refractivity contribution is -0.113. The van der Waals surface area contributed by atoms with E-state index in [9.17, 15) is 9.59 Å². The van der Waals surface area contributed by atoms with Gasteiger partial charge in [-0.1, -0.05) is 30.0 Å². The number of hydrogen-bond acceptors (Lipinski definition) is 7. The Kier molecular flexibility index (Phi) is 6.28. The molecular weight excluding hydrogens is 390 g/mol. The average Bonchev–Trinajstić information content (AvgIpc) is 3.11. The van der Waals surface area contributed by atoms with Crippen LogP contribution in [0.4, 0.5) is 10.5 Å². The number of ether oxygens (including phenoxy) is 1. The quantitative estimate of drug-likeness (QED) is 0.637. The number of carbonyl (C=O) groups excluding carboxylic acids is 2. The highest BCUT2D eigenvalue weighted by Crippen LogP contribution is 2.25. The van der Waals surface area contributed by atoms with Crippen molar-refractivity contribution in [2.45, 2.75) is 31.5 Å². The van der Waals surface area contributed by atoms with Gasteiger partial charge in [-0.2, -0.15) is 0 Å². The van der Waals surface area contributed by atoms with Crippen molar-refractivity contribution in [2.24, 2.45) is 0 Å². The highest BCUT2D eigenvalue weighted by atomic mass is 32.2. The molecule has 8 nitrogen and oxygen atoms in total. The van der Waals surface area contributed by atoms with Crippen LogP contribution in [0, 0.1) is 0 Å². The van der Waals surface area contributed by atoms with Gasteiger partial charge in [-0.3, -0.25) is 9.78 Å². The molecule has 0 fully saturated rings. The third-order valence-corrected chi connectivity index (χ3v) is 4.45. The van der Waals surface area contributed by atoms with E-state index in [0.717, 1.165) is 11.8 Å². The molecule has 2 heterocycles. The molecule has 0 aliphatic rings. The van der Waals surface area contributed by atoms with Crippen LogP contribution in [0.15, 0.2) is 60.0 Å². The summed E-state index contributed by atoms with van der Waals surface area (Å²) in [4.78, 5) is 29.1. The Morgan fingerprint density at radius 2 is 1.86 bits per heavy atom. The number of anilines is 1. The fourth-order valence-corrected chi connectivity index (χ4v) is 3.09. The lowest BCUT2D eigenvalue weighted by Gasteiger charge is -2.20. The Labute approximate surface area is 172 Å². The van der Waals surface area contributed by atoms with Crippen LogP contribution in [0.2, 0.25) is 0 Å². The van der Waals surface area contributed by atoms with Crippen molar-refractivity contribution in [2.75, 3.05) is 11.1 Å². The zero-order valence-corrected chi connectivity index (χ0v) is 17.1. The van der Waals surface area contributed by atoms with Crippen LogP contribution in [0.25, 0.3) is 11.4 Å². The average molecular weight is 411 g/mol. The summed E-state index contributed by atoms with van der Waals surface area (Å²) in [6.07, 6.45) is 2.59. The van der Waals surface area contributed by atoms with Crippen molar-refractivity contribution >= 4 is 29.4 Å². The van der Waals surface area contributed by atoms with Crippen molar-refractivity contribution in [1.82, 2.24) is 19.7 Å². The van der Waals surface area contributed by atoms with Crippen LogP contribution in [-0.4, -0.2) is 43.1 Å². The lowest BCUT2D eigenvalue weighted by Crippen LogP contribution is -2.28. The summed E-state index contributed by atoms with van der Waals surface area (Å²) in [6.45, 7) is 5.33. The Morgan fingerprint density at radius 3 is 2.52 bits per heavy atom. The highest BCUT2D eigenvalue weighted by Gasteiger charge is 2.26. The van der Waals surface area contributed by atoms with Gasteiger partial charge in [0.2, 0.25) is 11.1 Å². The second kappa shape index (κ2) is 8.87. The zero-order valence-electron chi connectivity index (χ0n) is 16.3. The summed E-state index contributed by atoms with van der Waals surface area (Å²) in [5.74, 6) is 0.143. The Bertz CT molecular complexity index is 984. The van der Waals surface area contributed by atoms with Crippen molar-refractivity contribution in [3.8, 4) is 11.4 Å². The third kappa shape index (κ3) is 5.64. The summed E-state index contributed by atoms with van der Waals surface area (Å²) in [5, 5.41) is 11.3. The number of thioether (sulfide) groups is 1. The fraction of sp³-hybridized carbons (Fsp3) is 0.250. The van der Waals surface area contributed by atoms with Crippen LogP contribution in [0.5, 0.6) is 0 Å². The second-order valence-electron chi connectivity index (χ2n) is 7.07. The normalized spacial score (nSPS) is 11.1. The molecule has 2 aromatic heterocycles. The minimum Gasteiger partial charge on any atom is -0.443 e. The minimum atomic E-state index is -0.694. The SMILES string of the molecule is CC(C)(C)OC(=O)n1c(SCC(=O)Nc2ccccc2)nnc1-c1cccnc1. The number of nitrogens with zero attached hydrogens (tertiary/aromatic N) is 4. The Morgan fingerprint density at radius 1 is 1.10 bits per heavy atom. The molecule has 3 rings (SSSR count). The summed E-state index contributed by atoms with van der Waals surface area (Å²) >= 11 is 1.10. The van der Waals surface area contributed by atoms with Crippen LogP contribution < -0.4 is 5.32 Å². The predicted octanol–water partition coefficient (Wildman–Crippen LogP) is 3.85. The van der Waals surface area contributed by atoms with Crippen LogP contribution in [0.3, 0.4) is 0 Å². The molecule has 0 bridgehead atoms. The standard InChI is InChI=1S/C20H21N5O3S/c1-20(2,3)28-19(27)25-17(14-8-7-11-21-12-14)23-24-18(25)29-13-16(26)22-15-9-5-4-6-10-15/h4-12H,13H2,1-3H3,(H,22,26). The summed E-state index contributed by atoms with van der Waals surface area (Å²) in [5.41, 5.74) is 0.620. The molecule has 1 amide bonds. The smallest absolute Gasteiger partial charge is 0.422 e. The van der Waals surface area contributed by atoms with Gasteiger partial charge in [0.25, 0.3) is 0 Å². The van der Waals surface area contributed by atoms with Gasteiger partial charge < -0.3 is 10.1 Å². The van der Waals surface area contributed by atoms with E-state index in [0.29, 0.717) is 17.1 Å². The van der Waals surface area contributed by atoms with E-state index in [1.807, 2.05) is 18.2 Å². The van der Waals surface area contributed by atoms with Crippen LogP contribution in [-0.2, 0) is 9.53 Å². The van der Waals surface area contributed by atoms with E-state index in [-0.39, 0.29) is 16.8 Å². The topological polar surface area (TPSA) is 99.0 Å². The molecule has 0 aliphatic carbocycles. The van der Waals surface area contributed by atoms with Gasteiger partial charge in [-0.25, -0.2) is 9.36 Å². The molecule has 150 valence electrons. The highest BCUT2D eigenvalue weighted by molar-refractivity contribution is 7.99. The van der Waals surface area contributed by atoms with Gasteiger partial charge in [-0.15, -0.1) is 10.2 Å². The number of carbonyl (C=O) groups is 2. The maximum Gasteiger partial charge on any atom is 0.422 e. The first kappa shape index (κ1) is 20.5. The number of para-hydroxylation sites is 1. The Balaban J connectivity index is 1.81.